The third-order valence-corrected chi connectivity index (χ3v) is 19.4. The predicted octanol–water partition coefficient (Wildman–Crippen LogP) is 11.9. The highest BCUT2D eigenvalue weighted by Gasteiger charge is 2.54. The number of aromatic nitrogens is 1. The molecule has 3 heteroatoms. The van der Waals surface area contributed by atoms with Gasteiger partial charge in [0.1, 0.15) is 0 Å². The number of thiophene rings is 1. The fourth-order valence-corrected chi connectivity index (χ4v) is 18.0. The van der Waals surface area contributed by atoms with E-state index in [1.54, 1.807) is 0 Å². The maximum absolute atomic E-state index is 2.58. The molecule has 0 amide bonds. The van der Waals surface area contributed by atoms with Crippen molar-refractivity contribution in [1.82, 2.24) is 4.40 Å². The summed E-state index contributed by atoms with van der Waals surface area (Å²) in [4.78, 5) is 0. The van der Waals surface area contributed by atoms with E-state index in [0.29, 0.717) is 0 Å². The van der Waals surface area contributed by atoms with E-state index in [2.05, 4.69) is 192 Å². The highest BCUT2D eigenvalue weighted by atomic mass is 32.1. The zero-order chi connectivity index (χ0) is 37.0. The Bertz CT molecular complexity index is 3710. The van der Waals surface area contributed by atoms with Crippen LogP contribution in [0.2, 0.25) is 0 Å². The van der Waals surface area contributed by atoms with E-state index in [-0.39, 0.29) is 0 Å². The zero-order valence-electron chi connectivity index (χ0n) is 30.8. The number of para-hydroxylation sites is 1. The fourth-order valence-electron chi connectivity index (χ4n) is 11.3. The van der Waals surface area contributed by atoms with Gasteiger partial charge in [-0.15, -0.1) is 11.3 Å². The zero-order valence-corrected chi connectivity index (χ0v) is 32.6. The van der Waals surface area contributed by atoms with Crippen molar-refractivity contribution in [3.63, 3.8) is 0 Å². The van der Waals surface area contributed by atoms with E-state index in [9.17, 15) is 0 Å². The summed E-state index contributed by atoms with van der Waals surface area (Å²) in [6.07, 6.45) is 0. The second-order valence-electron chi connectivity index (χ2n) is 15.9. The lowest BCUT2D eigenvalue weighted by Crippen LogP contribution is -2.70. The summed E-state index contributed by atoms with van der Waals surface area (Å²) in [6.45, 7) is 0. The van der Waals surface area contributed by atoms with E-state index >= 15 is 0 Å². The summed E-state index contributed by atoms with van der Waals surface area (Å²) >= 11 is 1.91. The van der Waals surface area contributed by atoms with Gasteiger partial charge in [0.15, 0.2) is 8.07 Å². The van der Waals surface area contributed by atoms with Gasteiger partial charge in [-0.25, -0.2) is 0 Å². The van der Waals surface area contributed by atoms with Crippen molar-refractivity contribution in [1.29, 1.82) is 0 Å². The third kappa shape index (κ3) is 3.62. The van der Waals surface area contributed by atoms with Gasteiger partial charge in [-0.05, 0) is 101 Å². The average molecular weight is 754 g/mol. The van der Waals surface area contributed by atoms with Crippen LogP contribution in [0.5, 0.6) is 0 Å². The molecule has 1 nitrogen and oxygen atoms in total. The molecular formula is C54H31NSSi. The SMILES string of the molecule is c1ccc2c(c1)-c1ccccc1[Si]21c2ccccc2-c2c(-c3ccc4c(c3)c3ccc5sc6cccc7c8ccccc8c8ccccc8n4c3c5c67)cccc21. The summed E-state index contributed by atoms with van der Waals surface area (Å²) in [5.41, 5.74) is 11.9. The van der Waals surface area contributed by atoms with Gasteiger partial charge < -0.3 is 4.40 Å². The smallest absolute Gasteiger partial charge is 0.182 e. The molecule has 0 bridgehead atoms. The standard InChI is InChI=1S/C54H31NSSi/c1-2-14-35-34(13-1)36-15-3-7-21-43(36)55-44-29-27-32(31-42(44)40-28-30-46-53(54(40)55)52-39(35)20-11-22-45(52)56-46)33-19-12-26-50-51(33)41-18-6-10-25-49(41)57(50)47-23-8-4-16-37(47)38-17-5-9-24-48(38)57/h1-31H. The van der Waals surface area contributed by atoms with Gasteiger partial charge in [0.2, 0.25) is 0 Å². The Morgan fingerprint density at radius 3 is 1.70 bits per heavy atom. The highest BCUT2D eigenvalue weighted by molar-refractivity contribution is 7.26. The molecule has 57 heavy (non-hydrogen) atoms. The van der Waals surface area contributed by atoms with Gasteiger partial charge in [-0.3, -0.25) is 0 Å². The topological polar surface area (TPSA) is 4.41 Å². The van der Waals surface area contributed by atoms with Gasteiger partial charge in [0.25, 0.3) is 0 Å². The summed E-state index contributed by atoms with van der Waals surface area (Å²) in [6, 6.07) is 71.9. The van der Waals surface area contributed by atoms with Crippen molar-refractivity contribution < 1.29 is 0 Å². The summed E-state index contributed by atoms with van der Waals surface area (Å²) in [5.74, 6) is 0. The van der Waals surface area contributed by atoms with E-state index in [0.717, 1.165) is 0 Å². The fraction of sp³-hybridized carbons (Fsp3) is 0. The molecule has 0 N–H and O–H groups in total. The third-order valence-electron chi connectivity index (χ3n) is 13.4. The van der Waals surface area contributed by atoms with Gasteiger partial charge in [-0.2, -0.15) is 0 Å². The largest absolute Gasteiger partial charge is 0.308 e. The molecule has 0 saturated carbocycles. The maximum atomic E-state index is 2.58. The van der Waals surface area contributed by atoms with Crippen LogP contribution in [0.3, 0.4) is 0 Å². The molecule has 12 aromatic rings. The number of fused-ring (bicyclic) bond motifs is 18. The normalized spacial score (nSPS) is 13.8. The molecule has 0 fully saturated rings. The highest BCUT2D eigenvalue weighted by Crippen LogP contribution is 2.47. The molecule has 1 spiro atoms. The van der Waals surface area contributed by atoms with E-state index < -0.39 is 8.07 Å². The summed E-state index contributed by atoms with van der Waals surface area (Å²) in [5, 5.41) is 16.5. The van der Waals surface area contributed by atoms with Crippen molar-refractivity contribution in [3.8, 4) is 33.4 Å². The molecule has 0 unspecified atom stereocenters. The van der Waals surface area contributed by atoms with Gasteiger partial charge >= 0.3 is 0 Å². The van der Waals surface area contributed by atoms with Crippen LogP contribution in [-0.4, -0.2) is 12.5 Å². The number of rotatable bonds is 1. The van der Waals surface area contributed by atoms with E-state index in [1.165, 1.54) is 123 Å². The first-order valence-electron chi connectivity index (χ1n) is 19.9. The number of benzene rings is 9. The van der Waals surface area contributed by atoms with Gasteiger partial charge in [0.05, 0.1) is 16.6 Å². The lowest BCUT2D eigenvalue weighted by molar-refractivity contribution is 1.36. The molecule has 9 aromatic carbocycles. The van der Waals surface area contributed by atoms with Crippen LogP contribution in [-0.2, 0) is 0 Å². The molecule has 5 heterocycles. The van der Waals surface area contributed by atoms with E-state index in [4.69, 9.17) is 0 Å². The second-order valence-corrected chi connectivity index (χ2v) is 20.6. The Morgan fingerprint density at radius 1 is 0.351 bits per heavy atom. The molecule has 0 aliphatic carbocycles. The Morgan fingerprint density at radius 2 is 0.912 bits per heavy atom. The van der Waals surface area contributed by atoms with Crippen molar-refractivity contribution in [2.45, 2.75) is 0 Å². The lowest BCUT2D eigenvalue weighted by Gasteiger charge is -2.27. The number of hydrogen-bond donors (Lipinski definition) is 0. The lowest BCUT2D eigenvalue weighted by atomic mass is 9.93. The van der Waals surface area contributed by atoms with Crippen LogP contribution >= 0.6 is 11.3 Å². The van der Waals surface area contributed by atoms with Crippen LogP contribution in [0.1, 0.15) is 0 Å². The molecule has 2 aliphatic rings. The van der Waals surface area contributed by atoms with E-state index in [1.807, 2.05) is 11.3 Å². The van der Waals surface area contributed by atoms with Crippen LogP contribution < -0.4 is 20.7 Å². The molecular weight excluding hydrogens is 723 g/mol. The molecule has 3 aromatic heterocycles. The minimum atomic E-state index is -2.54. The van der Waals surface area contributed by atoms with Crippen LogP contribution in [0.4, 0.5) is 0 Å². The van der Waals surface area contributed by atoms with Crippen molar-refractivity contribution in [2.24, 2.45) is 0 Å². The molecule has 14 rings (SSSR count). The molecule has 2 aliphatic heterocycles. The van der Waals surface area contributed by atoms with Crippen molar-refractivity contribution in [2.75, 3.05) is 0 Å². The average Bonchev–Trinajstić information content (AvgIpc) is 4.00. The molecule has 262 valence electrons. The van der Waals surface area contributed by atoms with Crippen LogP contribution in [0.15, 0.2) is 188 Å². The van der Waals surface area contributed by atoms with Gasteiger partial charge in [0, 0.05) is 36.3 Å². The Hall–Kier alpha value is -6.78. The maximum Gasteiger partial charge on any atom is 0.182 e. The minimum absolute atomic E-state index is 1.22. The van der Waals surface area contributed by atoms with Gasteiger partial charge in [-0.1, -0.05) is 158 Å². The predicted molar refractivity (Wildman–Crippen MR) is 247 cm³/mol. The molecule has 0 radical (unpaired) electrons. The Balaban J connectivity index is 1.13. The second kappa shape index (κ2) is 10.7. The number of hydrogen-bond acceptors (Lipinski definition) is 1. The first-order valence-corrected chi connectivity index (χ1v) is 22.7. The number of nitrogens with zero attached hydrogens (tertiary/aromatic N) is 1. The van der Waals surface area contributed by atoms with Crippen molar-refractivity contribution >= 4 is 109 Å². The first kappa shape index (κ1) is 30.4. The minimum Gasteiger partial charge on any atom is -0.308 e. The van der Waals surface area contributed by atoms with Crippen LogP contribution in [0.25, 0.3) is 102 Å². The monoisotopic (exact) mass is 753 g/mol. The first-order chi connectivity index (χ1) is 28.3. The Kier molecular flexibility index (Phi) is 5.74. The van der Waals surface area contributed by atoms with Crippen LogP contribution in [0, 0.1) is 0 Å². The summed E-state index contributed by atoms with van der Waals surface area (Å²) in [7, 11) is -2.54. The Labute approximate surface area is 333 Å². The molecule has 0 saturated heterocycles. The van der Waals surface area contributed by atoms with Crippen molar-refractivity contribution in [3.05, 3.63) is 188 Å². The summed E-state index contributed by atoms with van der Waals surface area (Å²) < 4.78 is 5.24. The quantitative estimate of drug-likeness (QED) is 0.147. The molecule has 0 atom stereocenters.